The molecule has 2 unspecified atom stereocenters. The van der Waals surface area contributed by atoms with E-state index < -0.39 is 20.9 Å². The Morgan fingerprint density at radius 3 is 2.54 bits per heavy atom. The van der Waals surface area contributed by atoms with Gasteiger partial charge in [0.1, 0.15) is 5.56 Å². The van der Waals surface area contributed by atoms with Gasteiger partial charge in [-0.25, -0.2) is 8.42 Å². The molecule has 144 valence electrons. The van der Waals surface area contributed by atoms with E-state index in [0.717, 1.165) is 0 Å². The summed E-state index contributed by atoms with van der Waals surface area (Å²) >= 11 is 0. The third-order valence-electron chi connectivity index (χ3n) is 4.09. The number of nitro benzene ring substituents is 1. The number of para-hydroxylation sites is 1. The standard InChI is InChI=1S/C16H23N3O6S/c1-11-5-4-6-14(15(11)19(21)22)16(20)17-7-8-26(23,24)18-9-12(2)25-13(3)10-18/h4-6,12-13H,7-10H2,1-3H3,(H,17,20). The van der Waals surface area contributed by atoms with Crippen LogP contribution in [0.5, 0.6) is 0 Å². The summed E-state index contributed by atoms with van der Waals surface area (Å²) in [5, 5.41) is 13.6. The molecule has 1 N–H and O–H groups in total. The van der Waals surface area contributed by atoms with Crippen LogP contribution in [0.15, 0.2) is 18.2 Å². The van der Waals surface area contributed by atoms with Crippen LogP contribution in [0.25, 0.3) is 0 Å². The summed E-state index contributed by atoms with van der Waals surface area (Å²) in [5.41, 5.74) is 0.0104. The number of morpholine rings is 1. The van der Waals surface area contributed by atoms with Crippen LogP contribution < -0.4 is 5.32 Å². The zero-order valence-corrected chi connectivity index (χ0v) is 15.8. The van der Waals surface area contributed by atoms with E-state index in [4.69, 9.17) is 4.74 Å². The molecule has 0 aliphatic carbocycles. The minimum Gasteiger partial charge on any atom is -0.373 e. The first kappa shape index (κ1) is 20.3. The number of amides is 1. The third-order valence-corrected chi connectivity index (χ3v) is 5.89. The summed E-state index contributed by atoms with van der Waals surface area (Å²) in [6.45, 7) is 5.55. The Hall–Kier alpha value is -2.04. The second-order valence-corrected chi connectivity index (χ2v) is 8.46. The fourth-order valence-corrected chi connectivity index (χ4v) is 4.45. The molecule has 0 aromatic heterocycles. The van der Waals surface area contributed by atoms with Crippen LogP contribution in [0.4, 0.5) is 5.69 Å². The SMILES string of the molecule is Cc1cccc(C(=O)NCCS(=O)(=O)N2CC(C)OC(C)C2)c1[N+](=O)[O-]. The van der Waals surface area contributed by atoms with E-state index in [1.807, 2.05) is 0 Å². The van der Waals surface area contributed by atoms with Gasteiger partial charge in [0.05, 0.1) is 22.9 Å². The molecule has 1 heterocycles. The molecule has 9 nitrogen and oxygen atoms in total. The van der Waals surface area contributed by atoms with Crippen LogP contribution in [0.2, 0.25) is 0 Å². The van der Waals surface area contributed by atoms with Gasteiger partial charge < -0.3 is 10.1 Å². The number of rotatable bonds is 6. The fraction of sp³-hybridized carbons (Fsp3) is 0.562. The molecule has 1 saturated heterocycles. The second kappa shape index (κ2) is 8.11. The fourth-order valence-electron chi connectivity index (χ4n) is 2.96. The maximum Gasteiger partial charge on any atom is 0.285 e. The second-order valence-electron chi connectivity index (χ2n) is 6.37. The molecule has 0 radical (unpaired) electrons. The Balaban J connectivity index is 2.00. The summed E-state index contributed by atoms with van der Waals surface area (Å²) in [6.07, 6.45) is -0.392. The lowest BCUT2D eigenvalue weighted by Crippen LogP contribution is -2.49. The van der Waals surface area contributed by atoms with Gasteiger partial charge in [-0.15, -0.1) is 0 Å². The number of aryl methyl sites for hydroxylation is 1. The van der Waals surface area contributed by atoms with E-state index in [1.54, 1.807) is 32.9 Å². The lowest BCUT2D eigenvalue weighted by molar-refractivity contribution is -0.385. The summed E-state index contributed by atoms with van der Waals surface area (Å²) < 4.78 is 31.7. The number of hydrogen-bond donors (Lipinski definition) is 1. The van der Waals surface area contributed by atoms with Crippen molar-refractivity contribution in [3.63, 3.8) is 0 Å². The Morgan fingerprint density at radius 1 is 1.35 bits per heavy atom. The maximum atomic E-state index is 12.4. The number of sulfonamides is 1. The smallest absolute Gasteiger partial charge is 0.285 e. The lowest BCUT2D eigenvalue weighted by Gasteiger charge is -2.34. The topological polar surface area (TPSA) is 119 Å². The molecule has 1 fully saturated rings. The van der Waals surface area contributed by atoms with Crippen molar-refractivity contribution >= 4 is 21.6 Å². The predicted molar refractivity (Wildman–Crippen MR) is 95.5 cm³/mol. The Labute approximate surface area is 152 Å². The van der Waals surface area contributed by atoms with Crippen LogP contribution in [-0.2, 0) is 14.8 Å². The van der Waals surface area contributed by atoms with Crippen molar-refractivity contribution in [2.45, 2.75) is 33.0 Å². The highest BCUT2D eigenvalue weighted by Crippen LogP contribution is 2.22. The van der Waals surface area contributed by atoms with Crippen molar-refractivity contribution in [1.82, 2.24) is 9.62 Å². The largest absolute Gasteiger partial charge is 0.373 e. The monoisotopic (exact) mass is 385 g/mol. The van der Waals surface area contributed by atoms with Gasteiger partial charge in [0, 0.05) is 25.2 Å². The van der Waals surface area contributed by atoms with Crippen molar-refractivity contribution in [3.8, 4) is 0 Å². The van der Waals surface area contributed by atoms with Gasteiger partial charge in [0.25, 0.3) is 11.6 Å². The molecule has 1 aliphatic rings. The molecule has 10 heteroatoms. The van der Waals surface area contributed by atoms with Gasteiger partial charge in [-0.1, -0.05) is 12.1 Å². The first-order valence-electron chi connectivity index (χ1n) is 8.27. The molecular weight excluding hydrogens is 362 g/mol. The quantitative estimate of drug-likeness (QED) is 0.578. The molecule has 1 aromatic carbocycles. The highest BCUT2D eigenvalue weighted by molar-refractivity contribution is 7.89. The first-order valence-corrected chi connectivity index (χ1v) is 9.88. The molecule has 0 bridgehead atoms. The van der Waals surface area contributed by atoms with E-state index in [9.17, 15) is 23.3 Å². The molecule has 1 aromatic rings. The average Bonchev–Trinajstić information content (AvgIpc) is 2.53. The molecule has 2 rings (SSSR count). The van der Waals surface area contributed by atoms with Crippen molar-refractivity contribution in [2.75, 3.05) is 25.4 Å². The summed E-state index contributed by atoms with van der Waals surface area (Å²) in [5.74, 6) is -0.947. The summed E-state index contributed by atoms with van der Waals surface area (Å²) in [7, 11) is -3.56. The van der Waals surface area contributed by atoms with Crippen LogP contribution in [0, 0.1) is 17.0 Å². The average molecular weight is 385 g/mol. The van der Waals surface area contributed by atoms with E-state index in [-0.39, 0.29) is 48.8 Å². The summed E-state index contributed by atoms with van der Waals surface area (Å²) in [6, 6.07) is 4.44. The highest BCUT2D eigenvalue weighted by atomic mass is 32.2. The number of nitrogens with zero attached hydrogens (tertiary/aromatic N) is 2. The number of nitro groups is 1. The normalized spacial score (nSPS) is 21.3. The zero-order chi connectivity index (χ0) is 19.5. The van der Waals surface area contributed by atoms with Crippen molar-refractivity contribution in [2.24, 2.45) is 0 Å². The van der Waals surface area contributed by atoms with Gasteiger partial charge in [0.15, 0.2) is 0 Å². The van der Waals surface area contributed by atoms with Crippen molar-refractivity contribution < 1.29 is 22.9 Å². The molecule has 26 heavy (non-hydrogen) atoms. The number of carbonyl (C=O) groups is 1. The van der Waals surface area contributed by atoms with Crippen LogP contribution in [-0.4, -0.2) is 61.1 Å². The van der Waals surface area contributed by atoms with Crippen LogP contribution in [0.1, 0.15) is 29.8 Å². The minimum atomic E-state index is -3.56. The van der Waals surface area contributed by atoms with E-state index >= 15 is 0 Å². The number of hydrogen-bond acceptors (Lipinski definition) is 6. The van der Waals surface area contributed by atoms with Gasteiger partial charge in [-0.2, -0.15) is 4.31 Å². The van der Waals surface area contributed by atoms with Crippen molar-refractivity contribution in [3.05, 3.63) is 39.4 Å². The molecule has 0 spiro atoms. The number of benzene rings is 1. The molecule has 1 aliphatic heterocycles. The van der Waals surface area contributed by atoms with Crippen molar-refractivity contribution in [1.29, 1.82) is 0 Å². The number of ether oxygens (including phenoxy) is 1. The predicted octanol–water partition coefficient (Wildman–Crippen LogP) is 1.07. The highest BCUT2D eigenvalue weighted by Gasteiger charge is 2.31. The lowest BCUT2D eigenvalue weighted by atomic mass is 10.1. The Bertz CT molecular complexity index is 785. The Kier molecular flexibility index (Phi) is 6.32. The van der Waals surface area contributed by atoms with Gasteiger partial charge in [-0.05, 0) is 26.8 Å². The third kappa shape index (κ3) is 4.77. The van der Waals surface area contributed by atoms with Crippen LogP contribution >= 0.6 is 0 Å². The molecule has 1 amide bonds. The first-order chi connectivity index (χ1) is 12.1. The van der Waals surface area contributed by atoms with E-state index in [0.29, 0.717) is 5.56 Å². The zero-order valence-electron chi connectivity index (χ0n) is 15.0. The van der Waals surface area contributed by atoms with Gasteiger partial charge in [-0.3, -0.25) is 14.9 Å². The van der Waals surface area contributed by atoms with Gasteiger partial charge in [0.2, 0.25) is 10.0 Å². The number of nitrogens with one attached hydrogen (secondary N) is 1. The van der Waals surface area contributed by atoms with Crippen LogP contribution in [0.3, 0.4) is 0 Å². The van der Waals surface area contributed by atoms with Gasteiger partial charge >= 0.3 is 0 Å². The molecular formula is C16H23N3O6S. The number of carbonyl (C=O) groups excluding carboxylic acids is 1. The maximum absolute atomic E-state index is 12.4. The molecule has 2 atom stereocenters. The summed E-state index contributed by atoms with van der Waals surface area (Å²) in [4.78, 5) is 22.8. The minimum absolute atomic E-state index is 0.0824. The van der Waals surface area contributed by atoms with E-state index in [1.165, 1.54) is 10.4 Å². The Morgan fingerprint density at radius 2 is 1.96 bits per heavy atom. The molecule has 0 saturated carbocycles. The van der Waals surface area contributed by atoms with E-state index in [2.05, 4.69) is 5.32 Å².